The van der Waals surface area contributed by atoms with E-state index in [0.29, 0.717) is 11.5 Å². The monoisotopic (exact) mass is 319 g/mol. The predicted molar refractivity (Wildman–Crippen MR) is 83.0 cm³/mol. The van der Waals surface area contributed by atoms with Gasteiger partial charge in [-0.25, -0.2) is 4.39 Å². The first-order chi connectivity index (χ1) is 11.0. The van der Waals surface area contributed by atoms with Gasteiger partial charge in [-0.2, -0.15) is 0 Å². The molecule has 0 amide bonds. The summed E-state index contributed by atoms with van der Waals surface area (Å²) in [5, 5.41) is 8.88. The third kappa shape index (κ3) is 4.69. The van der Waals surface area contributed by atoms with E-state index < -0.39 is 12.0 Å². The number of methoxy groups -OCH3 is 1. The third-order valence-corrected chi connectivity index (χ3v) is 3.33. The Morgan fingerprint density at radius 2 is 1.96 bits per heavy atom. The van der Waals surface area contributed by atoms with E-state index >= 15 is 0 Å². The van der Waals surface area contributed by atoms with Crippen molar-refractivity contribution in [1.29, 1.82) is 0 Å². The maximum absolute atomic E-state index is 12.9. The van der Waals surface area contributed by atoms with Gasteiger partial charge >= 0.3 is 5.97 Å². The van der Waals surface area contributed by atoms with Crippen molar-refractivity contribution in [1.82, 2.24) is 0 Å². The third-order valence-electron chi connectivity index (χ3n) is 3.33. The Morgan fingerprint density at radius 3 is 2.57 bits per heavy atom. The minimum Gasteiger partial charge on any atom is -0.496 e. The van der Waals surface area contributed by atoms with E-state index in [2.05, 4.69) is 0 Å². The molecule has 23 heavy (non-hydrogen) atoms. The van der Waals surface area contributed by atoms with E-state index in [9.17, 15) is 9.18 Å². The summed E-state index contributed by atoms with van der Waals surface area (Å²) < 4.78 is 23.7. The molecule has 122 valence electrons. The molecule has 2 aromatic carbocycles. The van der Waals surface area contributed by atoms with Gasteiger partial charge in [-0.15, -0.1) is 0 Å². The SMILES string of the molecule is COc1ccc(CC(N)C(=O)O)cc1COc1ccc(F)cc1. The normalized spacial score (nSPS) is 11.8. The number of carboxylic acids is 1. The Bertz CT molecular complexity index is 673. The lowest BCUT2D eigenvalue weighted by atomic mass is 10.0. The first-order valence-electron chi connectivity index (χ1n) is 7.02. The number of nitrogens with two attached hydrogens (primary N) is 1. The highest BCUT2D eigenvalue weighted by Gasteiger charge is 2.14. The number of hydrogen-bond acceptors (Lipinski definition) is 4. The molecule has 0 radical (unpaired) electrons. The lowest BCUT2D eigenvalue weighted by molar-refractivity contribution is -0.138. The first kappa shape index (κ1) is 16.8. The molecule has 0 aromatic heterocycles. The van der Waals surface area contributed by atoms with Crippen LogP contribution in [0.15, 0.2) is 42.5 Å². The second-order valence-electron chi connectivity index (χ2n) is 5.04. The molecule has 1 atom stereocenters. The van der Waals surface area contributed by atoms with Crippen LogP contribution >= 0.6 is 0 Å². The fourth-order valence-electron chi connectivity index (χ4n) is 2.10. The van der Waals surface area contributed by atoms with Gasteiger partial charge in [-0.05, 0) is 48.4 Å². The van der Waals surface area contributed by atoms with E-state index in [0.717, 1.165) is 11.1 Å². The highest BCUT2D eigenvalue weighted by molar-refractivity contribution is 5.73. The zero-order chi connectivity index (χ0) is 16.8. The lowest BCUT2D eigenvalue weighted by Gasteiger charge is -2.13. The average Bonchev–Trinajstić information content (AvgIpc) is 2.54. The molecule has 0 bridgehead atoms. The van der Waals surface area contributed by atoms with Gasteiger partial charge in [0, 0.05) is 5.56 Å². The Kier molecular flexibility index (Phi) is 5.54. The minimum atomic E-state index is -1.05. The summed E-state index contributed by atoms with van der Waals surface area (Å²) in [7, 11) is 1.54. The lowest BCUT2D eigenvalue weighted by Crippen LogP contribution is -2.32. The van der Waals surface area contributed by atoms with Crippen molar-refractivity contribution in [3.63, 3.8) is 0 Å². The van der Waals surface area contributed by atoms with Crippen LogP contribution in [0.1, 0.15) is 11.1 Å². The summed E-state index contributed by atoms with van der Waals surface area (Å²) in [5.41, 5.74) is 7.08. The number of hydrogen-bond donors (Lipinski definition) is 2. The summed E-state index contributed by atoms with van der Waals surface area (Å²) in [4.78, 5) is 10.8. The molecule has 0 aliphatic rings. The van der Waals surface area contributed by atoms with Gasteiger partial charge in [0.2, 0.25) is 0 Å². The average molecular weight is 319 g/mol. The predicted octanol–water partition coefficient (Wildman–Crippen LogP) is 2.37. The standard InChI is InChI=1S/C17H18FNO4/c1-22-16-7-2-11(9-15(19)17(20)21)8-12(16)10-23-14-5-3-13(18)4-6-14/h2-8,15H,9-10,19H2,1H3,(H,20,21). The van der Waals surface area contributed by atoms with Gasteiger partial charge in [0.1, 0.15) is 30.0 Å². The van der Waals surface area contributed by atoms with Crippen molar-refractivity contribution in [3.8, 4) is 11.5 Å². The molecule has 0 aliphatic carbocycles. The molecular weight excluding hydrogens is 301 g/mol. The zero-order valence-electron chi connectivity index (χ0n) is 12.7. The van der Waals surface area contributed by atoms with E-state index in [1.165, 1.54) is 24.3 Å². The van der Waals surface area contributed by atoms with Gasteiger partial charge in [0.25, 0.3) is 0 Å². The smallest absolute Gasteiger partial charge is 0.320 e. The van der Waals surface area contributed by atoms with E-state index in [1.807, 2.05) is 0 Å². The Labute approximate surface area is 133 Å². The van der Waals surface area contributed by atoms with Crippen LogP contribution in [-0.2, 0) is 17.8 Å². The molecule has 2 aromatic rings. The first-order valence-corrected chi connectivity index (χ1v) is 7.02. The Balaban J connectivity index is 2.12. The van der Waals surface area contributed by atoms with Crippen molar-refractivity contribution < 1.29 is 23.8 Å². The fraction of sp³-hybridized carbons (Fsp3) is 0.235. The molecule has 0 aliphatic heterocycles. The minimum absolute atomic E-state index is 0.211. The van der Waals surface area contributed by atoms with Crippen LogP contribution in [0.25, 0.3) is 0 Å². The van der Waals surface area contributed by atoms with Crippen LogP contribution in [0, 0.1) is 5.82 Å². The van der Waals surface area contributed by atoms with Crippen molar-refractivity contribution >= 4 is 5.97 Å². The molecule has 1 unspecified atom stereocenters. The summed E-state index contributed by atoms with van der Waals surface area (Å²) in [6.07, 6.45) is 0.211. The topological polar surface area (TPSA) is 81.8 Å². The van der Waals surface area contributed by atoms with Gasteiger partial charge in [0.05, 0.1) is 7.11 Å². The summed E-state index contributed by atoms with van der Waals surface area (Å²) in [6.45, 7) is 0.213. The van der Waals surface area contributed by atoms with Gasteiger partial charge in [-0.3, -0.25) is 4.79 Å². The molecule has 0 saturated carbocycles. The fourth-order valence-corrected chi connectivity index (χ4v) is 2.10. The van der Waals surface area contributed by atoms with Crippen LogP contribution in [0.4, 0.5) is 4.39 Å². The maximum atomic E-state index is 12.9. The van der Waals surface area contributed by atoms with Crippen molar-refractivity contribution in [3.05, 3.63) is 59.4 Å². The number of ether oxygens (including phenoxy) is 2. The second-order valence-corrected chi connectivity index (χ2v) is 5.04. The highest BCUT2D eigenvalue weighted by Crippen LogP contribution is 2.23. The number of aliphatic carboxylic acids is 1. The number of benzene rings is 2. The van der Waals surface area contributed by atoms with Crippen molar-refractivity contribution in [2.24, 2.45) is 5.73 Å². The number of carboxylic acid groups (broad SMARTS) is 1. The molecule has 0 spiro atoms. The maximum Gasteiger partial charge on any atom is 0.320 e. The number of rotatable bonds is 7. The largest absolute Gasteiger partial charge is 0.496 e. The Morgan fingerprint density at radius 1 is 1.26 bits per heavy atom. The van der Waals surface area contributed by atoms with E-state index in [1.54, 1.807) is 25.3 Å². The summed E-state index contributed by atoms with van der Waals surface area (Å²) >= 11 is 0. The molecule has 0 fully saturated rings. The highest BCUT2D eigenvalue weighted by atomic mass is 19.1. The van der Waals surface area contributed by atoms with E-state index in [-0.39, 0.29) is 18.8 Å². The van der Waals surface area contributed by atoms with Gasteiger partial charge in [0.15, 0.2) is 0 Å². The van der Waals surface area contributed by atoms with Crippen LogP contribution in [0.5, 0.6) is 11.5 Å². The molecule has 0 saturated heterocycles. The second kappa shape index (κ2) is 7.60. The number of carbonyl (C=O) groups is 1. The van der Waals surface area contributed by atoms with Crippen LogP contribution in [0.2, 0.25) is 0 Å². The van der Waals surface area contributed by atoms with Crippen LogP contribution in [-0.4, -0.2) is 24.2 Å². The summed E-state index contributed by atoms with van der Waals surface area (Å²) in [6, 6.07) is 10.0. The van der Waals surface area contributed by atoms with E-state index in [4.69, 9.17) is 20.3 Å². The van der Waals surface area contributed by atoms with Gasteiger partial charge in [-0.1, -0.05) is 6.07 Å². The molecule has 3 N–H and O–H groups in total. The Hall–Kier alpha value is -2.60. The van der Waals surface area contributed by atoms with Crippen molar-refractivity contribution in [2.75, 3.05) is 7.11 Å². The summed E-state index contributed by atoms with van der Waals surface area (Å²) in [5.74, 6) is -0.231. The van der Waals surface area contributed by atoms with Crippen molar-refractivity contribution in [2.45, 2.75) is 19.1 Å². The molecule has 6 heteroatoms. The van der Waals surface area contributed by atoms with Crippen LogP contribution < -0.4 is 15.2 Å². The molecule has 0 heterocycles. The van der Waals surface area contributed by atoms with Gasteiger partial charge < -0.3 is 20.3 Å². The molecular formula is C17H18FNO4. The quantitative estimate of drug-likeness (QED) is 0.819. The number of halogens is 1. The molecule has 2 rings (SSSR count). The molecule has 5 nitrogen and oxygen atoms in total. The zero-order valence-corrected chi connectivity index (χ0v) is 12.7. The van der Waals surface area contributed by atoms with Crippen LogP contribution in [0.3, 0.4) is 0 Å².